The lowest BCUT2D eigenvalue weighted by atomic mass is 9.97. The van der Waals surface area contributed by atoms with E-state index in [2.05, 4.69) is 15.8 Å². The Morgan fingerprint density at radius 2 is 1.28 bits per heavy atom. The quantitative estimate of drug-likeness (QED) is 0.0418. The van der Waals surface area contributed by atoms with Crippen molar-refractivity contribution in [3.8, 4) is 45.6 Å². The van der Waals surface area contributed by atoms with E-state index in [-0.39, 0.29) is 32.3 Å². The lowest BCUT2D eigenvalue weighted by molar-refractivity contribution is 0.0935. The van der Waals surface area contributed by atoms with Crippen molar-refractivity contribution in [3.63, 3.8) is 0 Å². The summed E-state index contributed by atoms with van der Waals surface area (Å²) in [5.74, 6) is 2.46. The maximum Gasteiger partial charge on any atom is 0.255 e. The van der Waals surface area contributed by atoms with Gasteiger partial charge >= 0.3 is 0 Å². The third kappa shape index (κ3) is 9.86. The molecule has 0 fully saturated rings. The van der Waals surface area contributed by atoms with Crippen LogP contribution in [-0.4, -0.2) is 58.9 Å². The summed E-state index contributed by atoms with van der Waals surface area (Å²) in [4.78, 5) is 12.6. The SMILES string of the molecule is COc1cc(-c2cc(-c3cc(CO)c(CO)c(CO)c3)no2)cc(OC)c1OCCCCCCCCCOc1ccc(C2NC(=O)c3ccccc3N2)cc1CO. The van der Waals surface area contributed by atoms with E-state index >= 15 is 0 Å². The molecule has 5 aromatic rings. The minimum absolute atomic E-state index is 0.138. The maximum absolute atomic E-state index is 12.6. The number of rotatable bonds is 21. The molecule has 1 amide bonds. The van der Waals surface area contributed by atoms with Gasteiger partial charge in [-0.2, -0.15) is 0 Å². The van der Waals surface area contributed by atoms with Crippen LogP contribution >= 0.6 is 0 Å². The number of aliphatic hydroxyl groups excluding tert-OH is 4. The molecular weight excluding hydrogens is 730 g/mol. The lowest BCUT2D eigenvalue weighted by Crippen LogP contribution is -2.38. The van der Waals surface area contributed by atoms with E-state index in [4.69, 9.17) is 23.5 Å². The second-order valence-electron chi connectivity index (χ2n) is 13.8. The number of nitrogens with one attached hydrogen (secondary N) is 2. The molecule has 0 radical (unpaired) electrons. The topological polar surface area (TPSA) is 185 Å². The minimum Gasteiger partial charge on any atom is -0.493 e. The minimum atomic E-state index is -0.395. The third-order valence-electron chi connectivity index (χ3n) is 10.1. The molecule has 0 aliphatic carbocycles. The molecule has 4 aromatic carbocycles. The van der Waals surface area contributed by atoms with Crippen LogP contribution in [0.2, 0.25) is 0 Å². The predicted octanol–water partition coefficient (Wildman–Crippen LogP) is 7.04. The van der Waals surface area contributed by atoms with Crippen molar-refractivity contribution < 1.29 is 48.7 Å². The fraction of sp³-hybridized carbons (Fsp3) is 0.364. The molecule has 0 bridgehead atoms. The number of unbranched alkanes of at least 4 members (excludes halogenated alkanes) is 6. The fourth-order valence-corrected chi connectivity index (χ4v) is 7.00. The number of fused-ring (bicyclic) bond motifs is 1. The van der Waals surface area contributed by atoms with Gasteiger partial charge in [-0.15, -0.1) is 0 Å². The number of hydrogen-bond donors (Lipinski definition) is 6. The summed E-state index contributed by atoms with van der Waals surface area (Å²) in [6.45, 7) is 0.0131. The second-order valence-corrected chi connectivity index (χ2v) is 13.8. The zero-order chi connectivity index (χ0) is 40.1. The van der Waals surface area contributed by atoms with E-state index in [1.807, 2.05) is 36.4 Å². The smallest absolute Gasteiger partial charge is 0.255 e. The lowest BCUT2D eigenvalue weighted by Gasteiger charge is -2.28. The molecule has 0 saturated carbocycles. The standard InChI is InChI=1S/C44H51N3O10/c1-53-40-21-30(39-23-37(47-57-39)29-19-31(24-48)35(27-51)32(20-29)25-49)22-41(54-2)42(40)56-17-11-7-5-3-4-6-10-16-55-38-15-14-28(18-33(38)26-50)43-45-36-13-9-8-12-34(36)44(52)46-43/h8-9,12-15,18-23,43,45,48-51H,3-7,10-11,16-17,24-27H2,1-2H3,(H,46,52). The Morgan fingerprint density at radius 3 is 1.91 bits per heavy atom. The van der Waals surface area contributed by atoms with Gasteiger partial charge in [-0.3, -0.25) is 4.79 Å². The van der Waals surface area contributed by atoms with Crippen molar-refractivity contribution in [1.29, 1.82) is 0 Å². The van der Waals surface area contributed by atoms with Crippen molar-refractivity contribution in [2.45, 2.75) is 77.5 Å². The van der Waals surface area contributed by atoms with Crippen LogP contribution in [0.25, 0.3) is 22.6 Å². The summed E-state index contributed by atoms with van der Waals surface area (Å²) in [6, 6.07) is 21.8. The number of anilines is 1. The number of carbonyl (C=O) groups is 1. The van der Waals surface area contributed by atoms with Gasteiger partial charge in [0.2, 0.25) is 5.75 Å². The molecule has 1 aliphatic rings. The number of amides is 1. The van der Waals surface area contributed by atoms with Crippen molar-refractivity contribution in [1.82, 2.24) is 10.5 Å². The average molecular weight is 782 g/mol. The van der Waals surface area contributed by atoms with Gasteiger partial charge in [0.25, 0.3) is 5.91 Å². The molecule has 57 heavy (non-hydrogen) atoms. The molecule has 302 valence electrons. The van der Waals surface area contributed by atoms with Crippen LogP contribution in [0.15, 0.2) is 77.3 Å². The number of aliphatic hydroxyl groups is 4. The van der Waals surface area contributed by atoms with Gasteiger partial charge in [0.05, 0.1) is 59.4 Å². The van der Waals surface area contributed by atoms with E-state index < -0.39 is 6.17 Å². The number of methoxy groups -OCH3 is 2. The van der Waals surface area contributed by atoms with Gasteiger partial charge < -0.3 is 54.5 Å². The first-order valence-electron chi connectivity index (χ1n) is 19.3. The average Bonchev–Trinajstić information content (AvgIpc) is 3.75. The van der Waals surface area contributed by atoms with Gasteiger partial charge in [0, 0.05) is 28.4 Å². The second kappa shape index (κ2) is 20.0. The highest BCUT2D eigenvalue weighted by atomic mass is 16.5. The van der Waals surface area contributed by atoms with E-state index in [1.165, 1.54) is 0 Å². The highest BCUT2D eigenvalue weighted by Gasteiger charge is 2.25. The normalized spacial score (nSPS) is 13.4. The Bertz CT molecular complexity index is 2070. The Morgan fingerprint density at radius 1 is 0.649 bits per heavy atom. The molecule has 1 aromatic heterocycles. The largest absolute Gasteiger partial charge is 0.493 e. The van der Waals surface area contributed by atoms with Crippen molar-refractivity contribution in [2.75, 3.05) is 32.8 Å². The Balaban J connectivity index is 0.916. The molecule has 13 heteroatoms. The van der Waals surface area contributed by atoms with Gasteiger partial charge in [0.1, 0.15) is 17.6 Å². The number of benzene rings is 4. The zero-order valence-electron chi connectivity index (χ0n) is 32.4. The number of aromatic nitrogens is 1. The van der Waals surface area contributed by atoms with E-state index in [0.29, 0.717) is 86.6 Å². The van der Waals surface area contributed by atoms with Gasteiger partial charge in [-0.1, -0.05) is 55.5 Å². The first-order valence-corrected chi connectivity index (χ1v) is 19.3. The molecule has 1 unspecified atom stereocenters. The van der Waals surface area contributed by atoms with Gasteiger partial charge in [-0.25, -0.2) is 0 Å². The third-order valence-corrected chi connectivity index (χ3v) is 10.1. The first-order chi connectivity index (χ1) is 27.9. The summed E-state index contributed by atoms with van der Waals surface area (Å²) >= 11 is 0. The van der Waals surface area contributed by atoms with Crippen molar-refractivity contribution in [3.05, 3.63) is 106 Å². The summed E-state index contributed by atoms with van der Waals surface area (Å²) in [6.07, 6.45) is 6.72. The molecule has 0 spiro atoms. The van der Waals surface area contributed by atoms with Crippen molar-refractivity contribution in [2.24, 2.45) is 0 Å². The Kier molecular flexibility index (Phi) is 14.4. The van der Waals surface area contributed by atoms with Crippen LogP contribution in [0.5, 0.6) is 23.0 Å². The molecule has 6 N–H and O–H groups in total. The number of carbonyl (C=O) groups excluding carboxylic acids is 1. The number of ether oxygens (including phenoxy) is 4. The summed E-state index contributed by atoms with van der Waals surface area (Å²) in [5.41, 5.74) is 6.22. The predicted molar refractivity (Wildman–Crippen MR) is 214 cm³/mol. The van der Waals surface area contributed by atoms with Crippen molar-refractivity contribution >= 4 is 11.6 Å². The molecule has 13 nitrogen and oxygen atoms in total. The maximum atomic E-state index is 12.6. The number of hydrogen-bond acceptors (Lipinski definition) is 12. The molecule has 1 aliphatic heterocycles. The van der Waals surface area contributed by atoms with Crippen LogP contribution in [0.3, 0.4) is 0 Å². The monoisotopic (exact) mass is 781 g/mol. The molecule has 2 heterocycles. The van der Waals surface area contributed by atoms with E-state index in [9.17, 15) is 25.2 Å². The molecule has 1 atom stereocenters. The van der Waals surface area contributed by atoms with E-state index in [0.717, 1.165) is 56.2 Å². The Labute approximate surface area is 332 Å². The van der Waals surface area contributed by atoms with Gasteiger partial charge in [0.15, 0.2) is 17.3 Å². The molecule has 0 saturated heterocycles. The highest BCUT2D eigenvalue weighted by Crippen LogP contribution is 2.42. The van der Waals surface area contributed by atoms with Crippen LogP contribution in [0.4, 0.5) is 5.69 Å². The molecule has 6 rings (SSSR count). The Hall–Kier alpha value is -5.60. The van der Waals surface area contributed by atoms with Crippen LogP contribution in [0.1, 0.15) is 89.3 Å². The van der Waals surface area contributed by atoms with Crippen LogP contribution in [0, 0.1) is 0 Å². The molecular formula is C44H51N3O10. The highest BCUT2D eigenvalue weighted by molar-refractivity contribution is 6.01. The van der Waals surface area contributed by atoms with Gasteiger partial charge in [-0.05, 0) is 83.6 Å². The zero-order valence-corrected chi connectivity index (χ0v) is 32.4. The van der Waals surface area contributed by atoms with Crippen LogP contribution in [-0.2, 0) is 26.4 Å². The number of nitrogens with zero attached hydrogens (tertiary/aromatic N) is 1. The first kappa shape index (κ1) is 41.0. The summed E-state index contributed by atoms with van der Waals surface area (Å²) in [5, 5.41) is 49.9. The van der Waals surface area contributed by atoms with E-state index in [1.54, 1.807) is 50.6 Å². The van der Waals surface area contributed by atoms with Crippen LogP contribution < -0.4 is 29.6 Å². The summed E-state index contributed by atoms with van der Waals surface area (Å²) < 4.78 is 29.2. The summed E-state index contributed by atoms with van der Waals surface area (Å²) in [7, 11) is 3.13. The fourth-order valence-electron chi connectivity index (χ4n) is 7.00. The number of para-hydroxylation sites is 1.